The van der Waals surface area contributed by atoms with Crippen LogP contribution in [0.1, 0.15) is 0 Å². The Balaban J connectivity index is 2.05. The van der Waals surface area contributed by atoms with Crippen molar-refractivity contribution in [3.05, 3.63) is 42.7 Å². The van der Waals surface area contributed by atoms with Crippen LogP contribution in [0.4, 0.5) is 11.4 Å². The number of nitrogens with two attached hydrogens (primary N) is 1. The van der Waals surface area contributed by atoms with Gasteiger partial charge in [-0.25, -0.2) is 0 Å². The Bertz CT molecular complexity index is 516. The zero-order chi connectivity index (χ0) is 14.4. The van der Waals surface area contributed by atoms with Gasteiger partial charge >= 0.3 is 0 Å². The molecule has 0 radical (unpaired) electrons. The monoisotopic (exact) mass is 278 g/mol. The van der Waals surface area contributed by atoms with Crippen LogP contribution in [0, 0.1) is 0 Å². The number of nitrogens with one attached hydrogen (secondary N) is 1. The fourth-order valence-electron chi connectivity index (χ4n) is 1.74. The molecule has 1 aromatic carbocycles. The molecule has 0 spiro atoms. The SMILES string of the molecule is Nc1ccc(OCCO)c(NCC2(O)C=CC=CO2)c1. The number of aliphatic hydroxyl groups is 2. The third-order valence-corrected chi connectivity index (χ3v) is 2.70. The van der Waals surface area contributed by atoms with E-state index in [0.717, 1.165) is 0 Å². The van der Waals surface area contributed by atoms with Gasteiger partial charge in [0.15, 0.2) is 0 Å². The van der Waals surface area contributed by atoms with Crippen molar-refractivity contribution in [2.45, 2.75) is 5.79 Å². The van der Waals surface area contributed by atoms with E-state index in [0.29, 0.717) is 17.1 Å². The fourth-order valence-corrected chi connectivity index (χ4v) is 1.74. The number of nitrogen functional groups attached to an aromatic ring is 1. The Kier molecular flexibility index (Phi) is 4.49. The van der Waals surface area contributed by atoms with E-state index < -0.39 is 5.79 Å². The van der Waals surface area contributed by atoms with E-state index in [1.807, 2.05) is 0 Å². The second kappa shape index (κ2) is 6.31. The highest BCUT2D eigenvalue weighted by atomic mass is 16.6. The Labute approximate surface area is 117 Å². The maximum absolute atomic E-state index is 10.1. The number of benzene rings is 1. The highest BCUT2D eigenvalue weighted by Gasteiger charge is 2.25. The molecule has 0 aliphatic carbocycles. The van der Waals surface area contributed by atoms with Gasteiger partial charge in [0.05, 0.1) is 25.1 Å². The van der Waals surface area contributed by atoms with Crippen LogP contribution < -0.4 is 15.8 Å². The first kappa shape index (κ1) is 14.2. The van der Waals surface area contributed by atoms with Crippen LogP contribution in [0.25, 0.3) is 0 Å². The van der Waals surface area contributed by atoms with Gasteiger partial charge in [-0.1, -0.05) is 6.08 Å². The smallest absolute Gasteiger partial charge is 0.244 e. The van der Waals surface area contributed by atoms with Crippen molar-refractivity contribution >= 4 is 11.4 Å². The number of allylic oxidation sites excluding steroid dienone is 2. The van der Waals surface area contributed by atoms with Gasteiger partial charge in [0.2, 0.25) is 5.79 Å². The number of hydrogen-bond donors (Lipinski definition) is 4. The lowest BCUT2D eigenvalue weighted by Gasteiger charge is -2.26. The van der Waals surface area contributed by atoms with Gasteiger partial charge in [0, 0.05) is 5.69 Å². The quantitative estimate of drug-likeness (QED) is 0.576. The van der Waals surface area contributed by atoms with E-state index in [1.165, 1.54) is 6.26 Å². The number of ether oxygens (including phenoxy) is 2. The summed E-state index contributed by atoms with van der Waals surface area (Å²) in [6.45, 7) is 0.235. The number of aliphatic hydroxyl groups excluding tert-OH is 1. The summed E-state index contributed by atoms with van der Waals surface area (Å²) in [5.41, 5.74) is 6.92. The first-order chi connectivity index (χ1) is 9.63. The Morgan fingerprint density at radius 3 is 2.90 bits per heavy atom. The number of rotatable bonds is 6. The minimum atomic E-state index is -1.41. The topological polar surface area (TPSA) is 97.0 Å². The molecular weight excluding hydrogens is 260 g/mol. The van der Waals surface area contributed by atoms with Gasteiger partial charge in [-0.05, 0) is 30.4 Å². The lowest BCUT2D eigenvalue weighted by atomic mass is 10.2. The van der Waals surface area contributed by atoms with Gasteiger partial charge in [0.1, 0.15) is 12.4 Å². The standard InChI is InChI=1S/C14H18N2O4/c15-11-3-4-13(19-8-6-17)12(9-11)16-10-14(18)5-1-2-7-20-14/h1-5,7,9,16-18H,6,8,10,15H2. The second-order valence-corrected chi connectivity index (χ2v) is 4.33. The van der Waals surface area contributed by atoms with Crippen LogP contribution in [0.15, 0.2) is 42.7 Å². The van der Waals surface area contributed by atoms with Crippen molar-refractivity contribution in [1.29, 1.82) is 0 Å². The van der Waals surface area contributed by atoms with Crippen molar-refractivity contribution in [2.24, 2.45) is 0 Å². The maximum atomic E-state index is 10.1. The molecule has 0 bridgehead atoms. The molecular formula is C14H18N2O4. The summed E-state index contributed by atoms with van der Waals surface area (Å²) in [5.74, 6) is -0.861. The molecule has 6 heteroatoms. The summed E-state index contributed by atoms with van der Waals surface area (Å²) in [6, 6.07) is 5.10. The highest BCUT2D eigenvalue weighted by molar-refractivity contribution is 5.63. The molecule has 1 atom stereocenters. The molecule has 0 amide bonds. The summed E-state index contributed by atoms with van der Waals surface area (Å²) < 4.78 is 10.5. The van der Waals surface area contributed by atoms with E-state index in [1.54, 1.807) is 36.4 Å². The molecule has 20 heavy (non-hydrogen) atoms. The van der Waals surface area contributed by atoms with Gasteiger partial charge in [0.25, 0.3) is 0 Å². The molecule has 0 saturated carbocycles. The van der Waals surface area contributed by atoms with Crippen LogP contribution >= 0.6 is 0 Å². The molecule has 6 nitrogen and oxygen atoms in total. The number of anilines is 2. The number of hydrogen-bond acceptors (Lipinski definition) is 6. The molecule has 1 aliphatic rings. The van der Waals surface area contributed by atoms with Gasteiger partial charge in [-0.3, -0.25) is 0 Å². The van der Waals surface area contributed by atoms with Crippen LogP contribution in [0.3, 0.4) is 0 Å². The normalized spacial score (nSPS) is 20.5. The lowest BCUT2D eigenvalue weighted by molar-refractivity contribution is -0.116. The molecule has 0 aromatic heterocycles. The Hall–Kier alpha value is -2.18. The van der Waals surface area contributed by atoms with E-state index >= 15 is 0 Å². The summed E-state index contributed by atoms with van der Waals surface area (Å²) in [5, 5.41) is 22.0. The molecule has 0 fully saturated rings. The zero-order valence-electron chi connectivity index (χ0n) is 11.0. The lowest BCUT2D eigenvalue weighted by Crippen LogP contribution is -2.37. The summed E-state index contributed by atoms with van der Waals surface area (Å²) in [4.78, 5) is 0. The van der Waals surface area contributed by atoms with Crippen LogP contribution in [0.5, 0.6) is 5.75 Å². The molecule has 1 heterocycles. The largest absolute Gasteiger partial charge is 0.489 e. The third-order valence-electron chi connectivity index (χ3n) is 2.70. The zero-order valence-corrected chi connectivity index (χ0v) is 11.0. The minimum Gasteiger partial charge on any atom is -0.489 e. The Morgan fingerprint density at radius 2 is 2.20 bits per heavy atom. The van der Waals surface area contributed by atoms with E-state index in [-0.39, 0.29) is 19.8 Å². The summed E-state index contributed by atoms with van der Waals surface area (Å²) >= 11 is 0. The Morgan fingerprint density at radius 1 is 1.35 bits per heavy atom. The second-order valence-electron chi connectivity index (χ2n) is 4.33. The van der Waals surface area contributed by atoms with Crippen LogP contribution in [0.2, 0.25) is 0 Å². The van der Waals surface area contributed by atoms with E-state index in [4.69, 9.17) is 20.3 Å². The van der Waals surface area contributed by atoms with Crippen molar-refractivity contribution in [2.75, 3.05) is 30.8 Å². The van der Waals surface area contributed by atoms with Crippen molar-refractivity contribution in [3.8, 4) is 5.75 Å². The molecule has 0 saturated heterocycles. The predicted octanol–water partition coefficient (Wildman–Crippen LogP) is 0.841. The molecule has 2 rings (SSSR count). The average Bonchev–Trinajstić information content (AvgIpc) is 2.45. The van der Waals surface area contributed by atoms with Crippen molar-refractivity contribution in [1.82, 2.24) is 0 Å². The third kappa shape index (κ3) is 3.66. The van der Waals surface area contributed by atoms with Crippen molar-refractivity contribution < 1.29 is 19.7 Å². The highest BCUT2D eigenvalue weighted by Crippen LogP contribution is 2.28. The molecule has 1 unspecified atom stereocenters. The van der Waals surface area contributed by atoms with Gasteiger partial charge < -0.3 is 30.7 Å². The molecule has 1 aromatic rings. The van der Waals surface area contributed by atoms with E-state index in [9.17, 15) is 5.11 Å². The maximum Gasteiger partial charge on any atom is 0.244 e. The first-order valence-corrected chi connectivity index (χ1v) is 6.24. The van der Waals surface area contributed by atoms with Crippen LogP contribution in [-0.4, -0.2) is 35.8 Å². The van der Waals surface area contributed by atoms with Crippen LogP contribution in [-0.2, 0) is 4.74 Å². The average molecular weight is 278 g/mol. The van der Waals surface area contributed by atoms with E-state index in [2.05, 4.69) is 5.32 Å². The minimum absolute atomic E-state index is 0.0790. The summed E-state index contributed by atoms with van der Waals surface area (Å²) in [7, 11) is 0. The van der Waals surface area contributed by atoms with Crippen molar-refractivity contribution in [3.63, 3.8) is 0 Å². The molecule has 108 valence electrons. The first-order valence-electron chi connectivity index (χ1n) is 6.24. The molecule has 5 N–H and O–H groups in total. The molecule has 1 aliphatic heterocycles. The predicted molar refractivity (Wildman–Crippen MR) is 76.2 cm³/mol. The van der Waals surface area contributed by atoms with Gasteiger partial charge in [-0.15, -0.1) is 0 Å². The fraction of sp³-hybridized carbons (Fsp3) is 0.286. The van der Waals surface area contributed by atoms with Gasteiger partial charge in [-0.2, -0.15) is 0 Å². The summed E-state index contributed by atoms with van der Waals surface area (Å²) in [6.07, 6.45) is 6.35.